The molecule has 1 aliphatic carbocycles. The molecule has 0 bridgehead atoms. The standard InChI is InChI=1S/C16H25NO2/c1-12-8-14(9-13(2)15(12)18)10-17-11-16(19)6-4-3-5-7-16/h8-9,17-19H,3-7,10-11H2,1-2H3. The molecule has 0 aliphatic heterocycles. The summed E-state index contributed by atoms with van der Waals surface area (Å²) >= 11 is 0. The molecule has 1 aromatic carbocycles. The minimum atomic E-state index is -0.515. The fourth-order valence-corrected chi connectivity index (χ4v) is 2.97. The van der Waals surface area contributed by atoms with Crippen LogP contribution in [-0.2, 0) is 6.54 Å². The van der Waals surface area contributed by atoms with Crippen LogP contribution in [0.4, 0.5) is 0 Å². The van der Waals surface area contributed by atoms with Gasteiger partial charge in [0.25, 0.3) is 0 Å². The van der Waals surface area contributed by atoms with E-state index < -0.39 is 5.60 Å². The van der Waals surface area contributed by atoms with Gasteiger partial charge in [0.2, 0.25) is 0 Å². The minimum Gasteiger partial charge on any atom is -0.507 e. The molecule has 0 radical (unpaired) electrons. The van der Waals surface area contributed by atoms with E-state index in [2.05, 4.69) is 5.32 Å². The van der Waals surface area contributed by atoms with Crippen molar-refractivity contribution >= 4 is 0 Å². The second-order valence-corrected chi connectivity index (χ2v) is 5.97. The van der Waals surface area contributed by atoms with Crippen molar-refractivity contribution in [2.45, 2.75) is 58.1 Å². The zero-order chi connectivity index (χ0) is 13.9. The van der Waals surface area contributed by atoms with E-state index in [0.29, 0.717) is 12.3 Å². The molecular weight excluding hydrogens is 238 g/mol. The van der Waals surface area contributed by atoms with E-state index in [0.717, 1.165) is 48.9 Å². The fraction of sp³-hybridized carbons (Fsp3) is 0.625. The van der Waals surface area contributed by atoms with Crippen molar-refractivity contribution in [3.63, 3.8) is 0 Å². The van der Waals surface area contributed by atoms with E-state index in [1.807, 2.05) is 26.0 Å². The summed E-state index contributed by atoms with van der Waals surface area (Å²) < 4.78 is 0. The smallest absolute Gasteiger partial charge is 0.121 e. The van der Waals surface area contributed by atoms with Gasteiger partial charge in [0, 0.05) is 13.1 Å². The van der Waals surface area contributed by atoms with Crippen molar-refractivity contribution in [2.24, 2.45) is 0 Å². The Morgan fingerprint density at radius 1 is 1.11 bits per heavy atom. The fourth-order valence-electron chi connectivity index (χ4n) is 2.97. The first-order valence-corrected chi connectivity index (χ1v) is 7.22. The molecule has 0 saturated heterocycles. The molecule has 3 nitrogen and oxygen atoms in total. The van der Waals surface area contributed by atoms with Crippen LogP contribution in [-0.4, -0.2) is 22.4 Å². The van der Waals surface area contributed by atoms with Gasteiger partial charge in [-0.25, -0.2) is 0 Å². The first kappa shape index (κ1) is 14.4. The molecule has 3 heteroatoms. The van der Waals surface area contributed by atoms with E-state index in [-0.39, 0.29) is 0 Å². The quantitative estimate of drug-likeness (QED) is 0.783. The van der Waals surface area contributed by atoms with Gasteiger partial charge in [-0.2, -0.15) is 0 Å². The Hall–Kier alpha value is -1.06. The van der Waals surface area contributed by atoms with Crippen LogP contribution in [0.15, 0.2) is 12.1 Å². The van der Waals surface area contributed by atoms with Crippen LogP contribution in [0.1, 0.15) is 48.8 Å². The Kier molecular flexibility index (Phi) is 4.48. The van der Waals surface area contributed by atoms with Crippen molar-refractivity contribution in [1.29, 1.82) is 0 Å². The van der Waals surface area contributed by atoms with Crippen LogP contribution in [0.25, 0.3) is 0 Å². The van der Waals surface area contributed by atoms with Gasteiger partial charge in [-0.15, -0.1) is 0 Å². The SMILES string of the molecule is Cc1cc(CNCC2(O)CCCCC2)cc(C)c1O. The highest BCUT2D eigenvalue weighted by Gasteiger charge is 2.28. The molecule has 106 valence electrons. The molecule has 1 aromatic rings. The molecule has 0 heterocycles. The summed E-state index contributed by atoms with van der Waals surface area (Å²) in [6.45, 7) is 5.23. The van der Waals surface area contributed by atoms with Gasteiger partial charge in [0.1, 0.15) is 5.75 Å². The number of aromatic hydroxyl groups is 1. The highest BCUT2D eigenvalue weighted by atomic mass is 16.3. The van der Waals surface area contributed by atoms with Gasteiger partial charge in [0.15, 0.2) is 0 Å². The van der Waals surface area contributed by atoms with Crippen molar-refractivity contribution in [3.8, 4) is 5.75 Å². The molecule has 0 spiro atoms. The number of benzene rings is 1. The number of aliphatic hydroxyl groups is 1. The molecule has 3 N–H and O–H groups in total. The highest BCUT2D eigenvalue weighted by molar-refractivity contribution is 5.42. The summed E-state index contributed by atoms with van der Waals surface area (Å²) in [6.07, 6.45) is 5.34. The first-order valence-electron chi connectivity index (χ1n) is 7.22. The molecular formula is C16H25NO2. The number of phenols is 1. The number of nitrogens with one attached hydrogen (secondary N) is 1. The summed E-state index contributed by atoms with van der Waals surface area (Å²) in [5, 5.41) is 23.5. The predicted octanol–water partition coefficient (Wildman–Crippen LogP) is 2.79. The predicted molar refractivity (Wildman–Crippen MR) is 77.3 cm³/mol. The third-order valence-electron chi connectivity index (χ3n) is 4.12. The molecule has 1 aliphatic rings. The van der Waals surface area contributed by atoms with Crippen LogP contribution >= 0.6 is 0 Å². The Morgan fingerprint density at radius 2 is 1.68 bits per heavy atom. The average Bonchev–Trinajstić information content (AvgIpc) is 2.36. The number of hydrogen-bond donors (Lipinski definition) is 3. The van der Waals surface area contributed by atoms with Gasteiger partial charge >= 0.3 is 0 Å². The lowest BCUT2D eigenvalue weighted by molar-refractivity contribution is 0.00467. The summed E-state index contributed by atoms with van der Waals surface area (Å²) in [6, 6.07) is 4.00. The molecule has 1 fully saturated rings. The van der Waals surface area contributed by atoms with Crippen molar-refractivity contribution in [3.05, 3.63) is 28.8 Å². The van der Waals surface area contributed by atoms with Crippen LogP contribution < -0.4 is 5.32 Å². The highest BCUT2D eigenvalue weighted by Crippen LogP contribution is 2.27. The van der Waals surface area contributed by atoms with Crippen molar-refractivity contribution < 1.29 is 10.2 Å². The second kappa shape index (κ2) is 5.93. The molecule has 19 heavy (non-hydrogen) atoms. The normalized spacial score (nSPS) is 18.5. The van der Waals surface area contributed by atoms with Crippen LogP contribution in [0.3, 0.4) is 0 Å². The molecule has 2 rings (SSSR count). The summed E-state index contributed by atoms with van der Waals surface area (Å²) in [5.74, 6) is 0.384. The largest absolute Gasteiger partial charge is 0.507 e. The molecule has 1 saturated carbocycles. The van der Waals surface area contributed by atoms with Gasteiger partial charge < -0.3 is 15.5 Å². The third kappa shape index (κ3) is 3.71. The lowest BCUT2D eigenvalue weighted by Gasteiger charge is -2.32. The Morgan fingerprint density at radius 3 is 2.26 bits per heavy atom. The monoisotopic (exact) mass is 263 g/mol. The van der Waals surface area contributed by atoms with Crippen LogP contribution in [0.2, 0.25) is 0 Å². The maximum absolute atomic E-state index is 10.4. The zero-order valence-electron chi connectivity index (χ0n) is 12.0. The van der Waals surface area contributed by atoms with E-state index in [9.17, 15) is 10.2 Å². The van der Waals surface area contributed by atoms with Crippen LogP contribution in [0.5, 0.6) is 5.75 Å². The molecule has 0 amide bonds. The van der Waals surface area contributed by atoms with E-state index in [1.165, 1.54) is 6.42 Å². The van der Waals surface area contributed by atoms with Gasteiger partial charge in [-0.1, -0.05) is 31.4 Å². The Bertz CT molecular complexity index is 413. The third-order valence-corrected chi connectivity index (χ3v) is 4.12. The van der Waals surface area contributed by atoms with Gasteiger partial charge in [-0.05, 0) is 43.4 Å². The van der Waals surface area contributed by atoms with Crippen molar-refractivity contribution in [2.75, 3.05) is 6.54 Å². The molecule has 0 atom stereocenters. The van der Waals surface area contributed by atoms with E-state index in [1.54, 1.807) is 0 Å². The van der Waals surface area contributed by atoms with E-state index in [4.69, 9.17) is 0 Å². The number of phenolic OH excluding ortho intramolecular Hbond substituents is 1. The maximum atomic E-state index is 10.4. The Balaban J connectivity index is 1.89. The van der Waals surface area contributed by atoms with Gasteiger partial charge in [0.05, 0.1) is 5.60 Å². The minimum absolute atomic E-state index is 0.384. The summed E-state index contributed by atoms with van der Waals surface area (Å²) in [5.41, 5.74) is 2.47. The molecule has 0 unspecified atom stereocenters. The van der Waals surface area contributed by atoms with Crippen molar-refractivity contribution in [1.82, 2.24) is 5.32 Å². The second-order valence-electron chi connectivity index (χ2n) is 5.97. The number of hydrogen-bond acceptors (Lipinski definition) is 3. The van der Waals surface area contributed by atoms with E-state index >= 15 is 0 Å². The summed E-state index contributed by atoms with van der Waals surface area (Å²) in [4.78, 5) is 0. The maximum Gasteiger partial charge on any atom is 0.121 e. The number of rotatable bonds is 4. The lowest BCUT2D eigenvalue weighted by Crippen LogP contribution is -2.41. The topological polar surface area (TPSA) is 52.5 Å². The first-order chi connectivity index (χ1) is 9.00. The summed E-state index contributed by atoms with van der Waals surface area (Å²) in [7, 11) is 0. The Labute approximate surface area is 115 Å². The lowest BCUT2D eigenvalue weighted by atomic mass is 9.85. The zero-order valence-corrected chi connectivity index (χ0v) is 12.0. The van der Waals surface area contributed by atoms with Gasteiger partial charge in [-0.3, -0.25) is 0 Å². The average molecular weight is 263 g/mol. The van der Waals surface area contributed by atoms with Crippen LogP contribution in [0, 0.1) is 13.8 Å². The number of aryl methyl sites for hydroxylation is 2. The molecule has 0 aromatic heterocycles.